The highest BCUT2D eigenvalue weighted by atomic mass is 79.9. The number of aliphatic carboxylic acids is 1. The lowest BCUT2D eigenvalue weighted by molar-refractivity contribution is -0.133. The molecule has 0 aliphatic heterocycles. The van der Waals surface area contributed by atoms with Gasteiger partial charge in [-0.15, -0.1) is 0 Å². The van der Waals surface area contributed by atoms with Gasteiger partial charge >= 0.3 is 5.97 Å². The van der Waals surface area contributed by atoms with Crippen molar-refractivity contribution in [3.63, 3.8) is 0 Å². The first kappa shape index (κ1) is 15.3. The highest BCUT2D eigenvalue weighted by Gasteiger charge is 2.14. The maximum absolute atomic E-state index is 10.7. The lowest BCUT2D eigenvalue weighted by atomic mass is 10.2. The number of hydrogen-bond donors (Lipinski definition) is 1. The summed E-state index contributed by atoms with van der Waals surface area (Å²) in [6.45, 7) is 3.28. The van der Waals surface area contributed by atoms with Crippen LogP contribution in [0.5, 0.6) is 5.75 Å². The normalized spacial score (nSPS) is 10.6. The topological polar surface area (TPSA) is 59.4 Å². The molecular weight excluding hydrogens is 413 g/mol. The molecule has 7 heteroatoms. The standard InChI is InChI=1S/C13H8Br2ClNO3/c1-6(13(18)19)5-20-12-9(15)4-8(14)7-2-3-10(16)17-11(7)12/h2-4H,1,5H2,(H,18,19). The molecule has 0 bridgehead atoms. The van der Waals surface area contributed by atoms with Gasteiger partial charge in [-0.3, -0.25) is 0 Å². The van der Waals surface area contributed by atoms with Crippen LogP contribution in [0, 0.1) is 0 Å². The van der Waals surface area contributed by atoms with Gasteiger partial charge in [-0.1, -0.05) is 34.1 Å². The van der Waals surface area contributed by atoms with E-state index >= 15 is 0 Å². The van der Waals surface area contributed by atoms with Gasteiger partial charge in [0.15, 0.2) is 5.75 Å². The molecule has 1 heterocycles. The van der Waals surface area contributed by atoms with Crippen LogP contribution in [0.25, 0.3) is 10.9 Å². The Bertz CT molecular complexity index is 718. The summed E-state index contributed by atoms with van der Waals surface area (Å²) in [4.78, 5) is 15.0. The summed E-state index contributed by atoms with van der Waals surface area (Å²) < 4.78 is 6.98. The Hall–Kier alpha value is -1.11. The number of carbonyl (C=O) groups is 1. The van der Waals surface area contributed by atoms with Crippen molar-refractivity contribution in [3.05, 3.63) is 44.4 Å². The summed E-state index contributed by atoms with van der Waals surface area (Å²) in [7, 11) is 0. The molecule has 104 valence electrons. The molecule has 1 aromatic heterocycles. The van der Waals surface area contributed by atoms with Crippen LogP contribution in [0.3, 0.4) is 0 Å². The van der Waals surface area contributed by atoms with Crippen LogP contribution >= 0.6 is 43.5 Å². The molecule has 0 spiro atoms. The Labute approximate surface area is 136 Å². The number of carboxylic acids is 1. The lowest BCUT2D eigenvalue weighted by Gasteiger charge is -2.12. The van der Waals surface area contributed by atoms with Crippen LogP contribution in [-0.2, 0) is 4.79 Å². The third kappa shape index (κ3) is 3.13. The van der Waals surface area contributed by atoms with Gasteiger partial charge in [0, 0.05) is 9.86 Å². The summed E-state index contributed by atoms with van der Waals surface area (Å²) in [6.07, 6.45) is 0. The maximum Gasteiger partial charge on any atom is 0.334 e. The smallest absolute Gasteiger partial charge is 0.334 e. The van der Waals surface area contributed by atoms with E-state index < -0.39 is 5.97 Å². The molecule has 0 atom stereocenters. The predicted octanol–water partition coefficient (Wildman–Crippen LogP) is 4.43. The zero-order chi connectivity index (χ0) is 14.9. The SMILES string of the molecule is C=C(COc1c(Br)cc(Br)c2ccc(Cl)nc12)C(=O)O. The van der Waals surface area contributed by atoms with E-state index in [1.807, 2.05) is 0 Å². The number of nitrogens with zero attached hydrogens (tertiary/aromatic N) is 1. The summed E-state index contributed by atoms with van der Waals surface area (Å²) >= 11 is 12.7. The highest BCUT2D eigenvalue weighted by Crippen LogP contribution is 2.38. The van der Waals surface area contributed by atoms with Gasteiger partial charge in [0.1, 0.15) is 17.3 Å². The molecular formula is C13H8Br2ClNO3. The second-order valence-corrected chi connectivity index (χ2v) is 5.99. The number of ether oxygens (including phenoxy) is 1. The van der Waals surface area contributed by atoms with E-state index in [0.717, 1.165) is 9.86 Å². The van der Waals surface area contributed by atoms with E-state index in [0.29, 0.717) is 20.9 Å². The predicted molar refractivity (Wildman–Crippen MR) is 84.4 cm³/mol. The molecule has 0 saturated heterocycles. The van der Waals surface area contributed by atoms with E-state index in [1.54, 1.807) is 18.2 Å². The molecule has 20 heavy (non-hydrogen) atoms. The average Bonchev–Trinajstić information content (AvgIpc) is 2.37. The summed E-state index contributed by atoms with van der Waals surface area (Å²) in [6, 6.07) is 5.28. The number of benzene rings is 1. The zero-order valence-electron chi connectivity index (χ0n) is 9.99. The monoisotopic (exact) mass is 419 g/mol. The molecule has 0 fully saturated rings. The fraction of sp³-hybridized carbons (Fsp3) is 0.0769. The van der Waals surface area contributed by atoms with Crippen molar-refractivity contribution in [1.29, 1.82) is 0 Å². The first-order valence-electron chi connectivity index (χ1n) is 5.38. The number of rotatable bonds is 4. The van der Waals surface area contributed by atoms with Crippen molar-refractivity contribution in [2.45, 2.75) is 0 Å². The Morgan fingerprint density at radius 3 is 2.75 bits per heavy atom. The quantitative estimate of drug-likeness (QED) is 0.586. The third-order valence-electron chi connectivity index (χ3n) is 2.50. The molecule has 0 amide bonds. The number of carboxylic acid groups (broad SMARTS) is 1. The number of fused-ring (bicyclic) bond motifs is 1. The second-order valence-electron chi connectivity index (χ2n) is 3.90. The van der Waals surface area contributed by atoms with Crippen LogP contribution in [0.15, 0.2) is 39.3 Å². The fourth-order valence-electron chi connectivity index (χ4n) is 1.53. The van der Waals surface area contributed by atoms with Crippen molar-refractivity contribution in [3.8, 4) is 5.75 Å². The number of aromatic nitrogens is 1. The summed E-state index contributed by atoms with van der Waals surface area (Å²) in [5.74, 6) is -0.679. The molecule has 0 aliphatic rings. The van der Waals surface area contributed by atoms with Gasteiger partial charge in [0.2, 0.25) is 0 Å². The van der Waals surface area contributed by atoms with Gasteiger partial charge in [0.05, 0.1) is 10.0 Å². The summed E-state index contributed by atoms with van der Waals surface area (Å²) in [5, 5.41) is 9.93. The van der Waals surface area contributed by atoms with Gasteiger partial charge < -0.3 is 9.84 Å². The molecule has 2 rings (SSSR count). The Morgan fingerprint density at radius 1 is 1.40 bits per heavy atom. The van der Waals surface area contributed by atoms with E-state index in [4.69, 9.17) is 21.4 Å². The zero-order valence-corrected chi connectivity index (χ0v) is 13.9. The third-order valence-corrected chi connectivity index (χ3v) is 3.95. The molecule has 4 nitrogen and oxygen atoms in total. The second kappa shape index (κ2) is 6.11. The lowest BCUT2D eigenvalue weighted by Crippen LogP contribution is -2.09. The largest absolute Gasteiger partial charge is 0.485 e. The minimum absolute atomic E-state index is 0.0463. The van der Waals surface area contributed by atoms with Gasteiger partial charge in [0.25, 0.3) is 0 Å². The van der Waals surface area contributed by atoms with E-state index in [1.165, 1.54) is 0 Å². The Kier molecular flexibility index (Phi) is 4.67. The molecule has 0 radical (unpaired) electrons. The first-order valence-corrected chi connectivity index (χ1v) is 7.34. The van der Waals surface area contributed by atoms with Crippen molar-refractivity contribution in [2.75, 3.05) is 6.61 Å². The van der Waals surface area contributed by atoms with Crippen LogP contribution in [0.4, 0.5) is 0 Å². The van der Waals surface area contributed by atoms with Crippen molar-refractivity contribution >= 4 is 60.3 Å². The van der Waals surface area contributed by atoms with E-state index in [-0.39, 0.29) is 12.2 Å². The van der Waals surface area contributed by atoms with Crippen LogP contribution in [0.2, 0.25) is 5.15 Å². The van der Waals surface area contributed by atoms with Crippen molar-refractivity contribution in [2.24, 2.45) is 0 Å². The molecule has 0 unspecified atom stereocenters. The van der Waals surface area contributed by atoms with E-state index in [2.05, 4.69) is 43.4 Å². The minimum atomic E-state index is -1.10. The van der Waals surface area contributed by atoms with Gasteiger partial charge in [-0.2, -0.15) is 0 Å². The summed E-state index contributed by atoms with van der Waals surface area (Å²) in [5.41, 5.74) is 0.493. The van der Waals surface area contributed by atoms with Crippen LogP contribution in [0.1, 0.15) is 0 Å². The maximum atomic E-state index is 10.7. The number of pyridine rings is 1. The molecule has 0 saturated carbocycles. The fourth-order valence-corrected chi connectivity index (χ4v) is 3.06. The first-order chi connectivity index (χ1) is 9.40. The molecule has 1 N–H and O–H groups in total. The number of halogens is 3. The van der Waals surface area contributed by atoms with Gasteiger partial charge in [-0.25, -0.2) is 9.78 Å². The minimum Gasteiger partial charge on any atom is -0.485 e. The van der Waals surface area contributed by atoms with Crippen molar-refractivity contribution in [1.82, 2.24) is 4.98 Å². The van der Waals surface area contributed by atoms with Crippen molar-refractivity contribution < 1.29 is 14.6 Å². The molecule has 1 aromatic carbocycles. The average molecular weight is 421 g/mol. The van der Waals surface area contributed by atoms with Gasteiger partial charge in [-0.05, 0) is 34.1 Å². The Morgan fingerprint density at radius 2 is 2.10 bits per heavy atom. The van der Waals surface area contributed by atoms with E-state index in [9.17, 15) is 4.79 Å². The number of hydrogen-bond acceptors (Lipinski definition) is 3. The molecule has 0 aliphatic carbocycles. The molecule has 2 aromatic rings. The van der Waals surface area contributed by atoms with Crippen LogP contribution in [-0.4, -0.2) is 22.7 Å². The van der Waals surface area contributed by atoms with Crippen LogP contribution < -0.4 is 4.74 Å². The Balaban J connectivity index is 2.49. The highest BCUT2D eigenvalue weighted by molar-refractivity contribution is 9.11.